The number of rotatable bonds is 6. The fourth-order valence-electron chi connectivity index (χ4n) is 3.64. The van der Waals surface area contributed by atoms with Crippen LogP contribution in [0, 0.1) is 0 Å². The molecule has 1 spiro atoms. The van der Waals surface area contributed by atoms with Gasteiger partial charge < -0.3 is 15.7 Å². The minimum absolute atomic E-state index is 0.0302. The van der Waals surface area contributed by atoms with Gasteiger partial charge in [-0.3, -0.25) is 14.5 Å². The lowest BCUT2D eigenvalue weighted by molar-refractivity contribution is -0.132. The van der Waals surface area contributed by atoms with Crippen LogP contribution in [0.2, 0.25) is 0 Å². The van der Waals surface area contributed by atoms with E-state index in [1.54, 1.807) is 12.1 Å². The summed E-state index contributed by atoms with van der Waals surface area (Å²) in [4.78, 5) is 48.8. The highest BCUT2D eigenvalue weighted by atomic mass is 16.4. The molecule has 2 fully saturated rings. The highest BCUT2D eigenvalue weighted by Crippen LogP contribution is 2.33. The molecule has 3 N–H and O–H groups in total. The van der Waals surface area contributed by atoms with Crippen molar-refractivity contribution in [2.75, 3.05) is 6.54 Å². The van der Waals surface area contributed by atoms with E-state index in [0.29, 0.717) is 12.8 Å². The number of nitrogens with zero attached hydrogens (tertiary/aromatic N) is 1. The smallest absolute Gasteiger partial charge is 0.335 e. The third-order valence-corrected chi connectivity index (χ3v) is 5.21. The predicted molar refractivity (Wildman–Crippen MR) is 95.9 cm³/mol. The normalized spacial score (nSPS) is 18.4. The molecule has 0 unspecified atom stereocenters. The summed E-state index contributed by atoms with van der Waals surface area (Å²) in [5.74, 6) is -1.50. The molecule has 1 aliphatic carbocycles. The molecule has 1 heterocycles. The zero-order valence-electron chi connectivity index (χ0n) is 15.0. The average molecular weight is 373 g/mol. The number of hydrogen-bond acceptors (Lipinski definition) is 4. The van der Waals surface area contributed by atoms with Crippen molar-refractivity contribution in [3.63, 3.8) is 0 Å². The highest BCUT2D eigenvalue weighted by molar-refractivity contribution is 6.07. The molecule has 8 nitrogen and oxygen atoms in total. The van der Waals surface area contributed by atoms with Crippen molar-refractivity contribution in [2.24, 2.45) is 0 Å². The first-order chi connectivity index (χ1) is 12.9. The van der Waals surface area contributed by atoms with Crippen LogP contribution in [0.15, 0.2) is 24.3 Å². The van der Waals surface area contributed by atoms with Gasteiger partial charge in [0, 0.05) is 19.5 Å². The van der Waals surface area contributed by atoms with E-state index in [9.17, 15) is 19.2 Å². The van der Waals surface area contributed by atoms with E-state index in [1.807, 2.05) is 0 Å². The summed E-state index contributed by atoms with van der Waals surface area (Å²) in [6.45, 7) is 0.305. The summed E-state index contributed by atoms with van der Waals surface area (Å²) in [6, 6.07) is 5.79. The standard InChI is InChI=1S/C19H23N3O5/c23-15(20-12-13-4-6-14(7-5-13)16(24)25)8-11-22-17(26)19(21-18(22)27)9-2-1-3-10-19/h4-7H,1-3,8-12H2,(H,20,23)(H,21,27)(H,24,25). The maximum absolute atomic E-state index is 12.6. The van der Waals surface area contributed by atoms with Gasteiger partial charge in [0.1, 0.15) is 5.54 Å². The van der Waals surface area contributed by atoms with Gasteiger partial charge in [0.2, 0.25) is 5.91 Å². The average Bonchev–Trinajstić information content (AvgIpc) is 2.88. The highest BCUT2D eigenvalue weighted by Gasteiger charge is 2.50. The molecule has 0 atom stereocenters. The van der Waals surface area contributed by atoms with Crippen LogP contribution >= 0.6 is 0 Å². The molecule has 1 saturated heterocycles. The molecule has 0 radical (unpaired) electrons. The van der Waals surface area contributed by atoms with Crippen LogP contribution in [0.4, 0.5) is 4.79 Å². The molecule has 2 aliphatic rings. The predicted octanol–water partition coefficient (Wildman–Crippen LogP) is 1.65. The fraction of sp³-hybridized carbons (Fsp3) is 0.474. The van der Waals surface area contributed by atoms with Gasteiger partial charge in [0.15, 0.2) is 0 Å². The Morgan fingerprint density at radius 3 is 2.41 bits per heavy atom. The van der Waals surface area contributed by atoms with Crippen LogP contribution in [-0.2, 0) is 16.1 Å². The second kappa shape index (κ2) is 7.77. The number of hydrogen-bond donors (Lipinski definition) is 3. The quantitative estimate of drug-likeness (QED) is 0.656. The summed E-state index contributed by atoms with van der Waals surface area (Å²) in [7, 11) is 0. The summed E-state index contributed by atoms with van der Waals surface area (Å²) < 4.78 is 0. The van der Waals surface area contributed by atoms with Crippen molar-refractivity contribution in [1.29, 1.82) is 0 Å². The van der Waals surface area contributed by atoms with E-state index < -0.39 is 17.5 Å². The number of carbonyl (C=O) groups excluding carboxylic acids is 3. The van der Waals surface area contributed by atoms with Crippen molar-refractivity contribution in [2.45, 2.75) is 50.6 Å². The van der Waals surface area contributed by atoms with E-state index in [-0.39, 0.29) is 36.9 Å². The summed E-state index contributed by atoms with van der Waals surface area (Å²) in [5, 5.41) is 14.4. The van der Waals surface area contributed by atoms with Crippen LogP contribution < -0.4 is 10.6 Å². The van der Waals surface area contributed by atoms with Crippen LogP contribution in [0.1, 0.15) is 54.4 Å². The first-order valence-corrected chi connectivity index (χ1v) is 9.14. The third kappa shape index (κ3) is 4.10. The van der Waals surface area contributed by atoms with Gasteiger partial charge in [-0.25, -0.2) is 9.59 Å². The van der Waals surface area contributed by atoms with Gasteiger partial charge in [0.05, 0.1) is 5.56 Å². The topological polar surface area (TPSA) is 116 Å². The van der Waals surface area contributed by atoms with E-state index in [0.717, 1.165) is 29.7 Å². The number of carbonyl (C=O) groups is 4. The molecule has 4 amide bonds. The lowest BCUT2D eigenvalue weighted by atomic mass is 9.82. The Morgan fingerprint density at radius 2 is 1.78 bits per heavy atom. The molecule has 1 aromatic rings. The van der Waals surface area contributed by atoms with Crippen molar-refractivity contribution in [1.82, 2.24) is 15.5 Å². The molecule has 144 valence electrons. The number of imide groups is 1. The third-order valence-electron chi connectivity index (χ3n) is 5.21. The zero-order valence-corrected chi connectivity index (χ0v) is 15.0. The first kappa shape index (κ1) is 18.9. The van der Waals surface area contributed by atoms with Crippen LogP contribution in [0.3, 0.4) is 0 Å². The van der Waals surface area contributed by atoms with Gasteiger partial charge in [-0.1, -0.05) is 31.4 Å². The Kier molecular flexibility index (Phi) is 5.43. The monoisotopic (exact) mass is 373 g/mol. The van der Waals surface area contributed by atoms with Gasteiger partial charge >= 0.3 is 12.0 Å². The minimum Gasteiger partial charge on any atom is -0.478 e. The number of carboxylic acid groups (broad SMARTS) is 1. The lowest BCUT2D eigenvalue weighted by Crippen LogP contribution is -2.48. The molecule has 0 bridgehead atoms. The first-order valence-electron chi connectivity index (χ1n) is 9.14. The molecular weight excluding hydrogens is 350 g/mol. The number of nitrogens with one attached hydrogen (secondary N) is 2. The summed E-state index contributed by atoms with van der Waals surface area (Å²) in [6.07, 6.45) is 4.25. The van der Waals surface area contributed by atoms with Crippen molar-refractivity contribution < 1.29 is 24.3 Å². The molecule has 1 aliphatic heterocycles. The molecule has 3 rings (SSSR count). The Balaban J connectivity index is 1.48. The molecule has 8 heteroatoms. The fourth-order valence-corrected chi connectivity index (χ4v) is 3.64. The Morgan fingerprint density at radius 1 is 1.11 bits per heavy atom. The molecule has 27 heavy (non-hydrogen) atoms. The van der Waals surface area contributed by atoms with Crippen LogP contribution in [0.25, 0.3) is 0 Å². The minimum atomic E-state index is -1.00. The summed E-state index contributed by atoms with van der Waals surface area (Å²) in [5.41, 5.74) is 0.183. The second-order valence-corrected chi connectivity index (χ2v) is 7.06. The summed E-state index contributed by atoms with van der Waals surface area (Å²) >= 11 is 0. The van der Waals surface area contributed by atoms with Gasteiger partial charge in [-0.2, -0.15) is 0 Å². The number of benzene rings is 1. The van der Waals surface area contributed by atoms with Gasteiger partial charge in [0.25, 0.3) is 5.91 Å². The second-order valence-electron chi connectivity index (χ2n) is 7.06. The molecule has 0 aromatic heterocycles. The van der Waals surface area contributed by atoms with E-state index in [2.05, 4.69) is 10.6 Å². The van der Waals surface area contributed by atoms with Gasteiger partial charge in [-0.15, -0.1) is 0 Å². The molecule has 1 aromatic carbocycles. The van der Waals surface area contributed by atoms with E-state index in [1.165, 1.54) is 12.1 Å². The number of urea groups is 1. The van der Waals surface area contributed by atoms with Crippen molar-refractivity contribution in [3.8, 4) is 0 Å². The number of amides is 4. The zero-order chi connectivity index (χ0) is 19.4. The van der Waals surface area contributed by atoms with E-state index >= 15 is 0 Å². The van der Waals surface area contributed by atoms with Gasteiger partial charge in [-0.05, 0) is 30.5 Å². The van der Waals surface area contributed by atoms with Crippen LogP contribution in [0.5, 0.6) is 0 Å². The Hall–Kier alpha value is -2.90. The maximum Gasteiger partial charge on any atom is 0.335 e. The number of carboxylic acids is 1. The van der Waals surface area contributed by atoms with E-state index in [4.69, 9.17) is 5.11 Å². The maximum atomic E-state index is 12.6. The van der Waals surface area contributed by atoms with Crippen molar-refractivity contribution >= 4 is 23.8 Å². The molecular formula is C19H23N3O5. The Labute approximate surface area is 156 Å². The molecule has 1 saturated carbocycles. The SMILES string of the molecule is O=C(CCN1C(=O)NC2(CCCCC2)C1=O)NCc1ccc(C(=O)O)cc1. The van der Waals surface area contributed by atoms with Crippen molar-refractivity contribution in [3.05, 3.63) is 35.4 Å². The van der Waals surface area contributed by atoms with Crippen LogP contribution in [-0.4, -0.2) is 45.9 Å². The number of aromatic carboxylic acids is 1. The lowest BCUT2D eigenvalue weighted by Gasteiger charge is -2.30. The largest absolute Gasteiger partial charge is 0.478 e. The Bertz CT molecular complexity index is 753.